The van der Waals surface area contributed by atoms with E-state index in [0.717, 1.165) is 42.2 Å². The number of hydrogen-bond donors (Lipinski definition) is 1. The average molecular weight is 329 g/mol. The van der Waals surface area contributed by atoms with Crippen molar-refractivity contribution in [3.63, 3.8) is 0 Å². The minimum Gasteiger partial charge on any atom is -0.316 e. The smallest absolute Gasteiger partial charge is 0.187 e. The molecular weight excluding hydrogens is 310 g/mol. The molecule has 1 atom stereocenters. The van der Waals surface area contributed by atoms with Gasteiger partial charge < -0.3 is 5.32 Å². The van der Waals surface area contributed by atoms with Gasteiger partial charge in [0.05, 0.1) is 5.52 Å². The van der Waals surface area contributed by atoms with Crippen molar-refractivity contribution in [1.82, 2.24) is 24.9 Å². The number of para-hydroxylation sites is 1. The molecule has 0 amide bonds. The highest BCUT2D eigenvalue weighted by Crippen LogP contribution is 2.25. The van der Waals surface area contributed by atoms with Gasteiger partial charge in [0.15, 0.2) is 11.5 Å². The highest BCUT2D eigenvalue weighted by atomic mass is 15.2. The summed E-state index contributed by atoms with van der Waals surface area (Å²) in [5.41, 5.74) is 4.11. The Morgan fingerprint density at radius 2 is 2.04 bits per heavy atom. The summed E-state index contributed by atoms with van der Waals surface area (Å²) in [6.07, 6.45) is 4.29. The Labute approximate surface area is 145 Å². The normalized spacial score (nSPS) is 17.5. The van der Waals surface area contributed by atoms with Crippen molar-refractivity contribution in [2.45, 2.75) is 12.8 Å². The molecule has 0 aliphatic carbocycles. The Kier molecular flexibility index (Phi) is 3.45. The molecule has 3 aromatic heterocycles. The number of rotatable bonds is 3. The molecule has 0 saturated carbocycles. The van der Waals surface area contributed by atoms with Gasteiger partial charge in [-0.25, -0.2) is 4.98 Å². The highest BCUT2D eigenvalue weighted by molar-refractivity contribution is 5.84. The van der Waals surface area contributed by atoms with E-state index in [1.54, 1.807) is 0 Å². The molecule has 0 radical (unpaired) electrons. The molecule has 25 heavy (non-hydrogen) atoms. The van der Waals surface area contributed by atoms with Crippen molar-refractivity contribution in [3.05, 3.63) is 60.3 Å². The van der Waals surface area contributed by atoms with Gasteiger partial charge in [-0.05, 0) is 55.6 Å². The van der Waals surface area contributed by atoms with Crippen molar-refractivity contribution < 1.29 is 0 Å². The van der Waals surface area contributed by atoms with Crippen molar-refractivity contribution >= 4 is 16.6 Å². The molecule has 5 nitrogen and oxygen atoms in total. The first-order chi connectivity index (χ1) is 12.4. The van der Waals surface area contributed by atoms with E-state index in [1.807, 2.05) is 34.9 Å². The van der Waals surface area contributed by atoms with Gasteiger partial charge >= 0.3 is 0 Å². The third-order valence-electron chi connectivity index (χ3n) is 5.02. The fourth-order valence-electron chi connectivity index (χ4n) is 3.71. The Morgan fingerprint density at radius 3 is 2.96 bits per heavy atom. The lowest BCUT2D eigenvalue weighted by Crippen LogP contribution is -2.11. The van der Waals surface area contributed by atoms with Crippen molar-refractivity contribution in [2.75, 3.05) is 13.1 Å². The number of nitrogens with zero attached hydrogens (tertiary/aromatic N) is 4. The van der Waals surface area contributed by atoms with Gasteiger partial charge in [0, 0.05) is 11.6 Å². The second kappa shape index (κ2) is 5.93. The zero-order chi connectivity index (χ0) is 16.6. The predicted octanol–water partition coefficient (Wildman–Crippen LogP) is 3.10. The largest absolute Gasteiger partial charge is 0.316 e. The van der Waals surface area contributed by atoms with E-state index in [-0.39, 0.29) is 0 Å². The Morgan fingerprint density at radius 1 is 1.04 bits per heavy atom. The molecule has 1 aliphatic rings. The fourth-order valence-corrected chi connectivity index (χ4v) is 3.71. The van der Waals surface area contributed by atoms with E-state index >= 15 is 0 Å². The van der Waals surface area contributed by atoms with Crippen LogP contribution in [0.1, 0.15) is 12.0 Å². The molecule has 4 heterocycles. The van der Waals surface area contributed by atoms with E-state index < -0.39 is 0 Å². The van der Waals surface area contributed by atoms with Crippen LogP contribution >= 0.6 is 0 Å². The first-order valence-corrected chi connectivity index (χ1v) is 8.78. The van der Waals surface area contributed by atoms with E-state index in [2.05, 4.69) is 39.8 Å². The van der Waals surface area contributed by atoms with Gasteiger partial charge in [0.25, 0.3) is 0 Å². The maximum absolute atomic E-state index is 4.97. The summed E-state index contributed by atoms with van der Waals surface area (Å²) in [6.45, 7) is 2.23. The number of aromatic nitrogens is 4. The molecular formula is C20H19N5. The first-order valence-electron chi connectivity index (χ1n) is 8.78. The molecule has 4 aromatic rings. The number of pyridine rings is 2. The van der Waals surface area contributed by atoms with E-state index in [0.29, 0.717) is 5.92 Å². The molecule has 1 N–H and O–H groups in total. The van der Waals surface area contributed by atoms with Gasteiger partial charge in [0.1, 0.15) is 5.69 Å². The van der Waals surface area contributed by atoms with Gasteiger partial charge in [-0.1, -0.05) is 30.3 Å². The van der Waals surface area contributed by atoms with Crippen LogP contribution in [-0.2, 0) is 6.42 Å². The van der Waals surface area contributed by atoms with Crippen LogP contribution in [0.3, 0.4) is 0 Å². The van der Waals surface area contributed by atoms with Crippen LogP contribution in [0.4, 0.5) is 0 Å². The van der Waals surface area contributed by atoms with Crippen LogP contribution in [0.2, 0.25) is 0 Å². The Hall–Kier alpha value is -2.79. The Bertz CT molecular complexity index is 1050. The summed E-state index contributed by atoms with van der Waals surface area (Å²) in [4.78, 5) is 4.97. The molecule has 1 aromatic carbocycles. The van der Waals surface area contributed by atoms with Crippen molar-refractivity contribution in [1.29, 1.82) is 0 Å². The maximum atomic E-state index is 4.97. The molecule has 124 valence electrons. The zero-order valence-corrected chi connectivity index (χ0v) is 13.9. The molecule has 0 bridgehead atoms. The lowest BCUT2D eigenvalue weighted by molar-refractivity contribution is 0.582. The highest BCUT2D eigenvalue weighted by Gasteiger charge is 2.17. The maximum Gasteiger partial charge on any atom is 0.187 e. The second-order valence-electron chi connectivity index (χ2n) is 6.70. The van der Waals surface area contributed by atoms with Crippen LogP contribution < -0.4 is 5.32 Å². The van der Waals surface area contributed by atoms with Crippen molar-refractivity contribution in [2.24, 2.45) is 5.92 Å². The number of hydrogen-bond acceptors (Lipinski definition) is 4. The van der Waals surface area contributed by atoms with Gasteiger partial charge in [-0.2, -0.15) is 0 Å². The predicted molar refractivity (Wildman–Crippen MR) is 98.4 cm³/mol. The van der Waals surface area contributed by atoms with Crippen molar-refractivity contribution in [3.8, 4) is 11.5 Å². The summed E-state index contributed by atoms with van der Waals surface area (Å²) in [5.74, 6) is 1.49. The number of nitrogens with one attached hydrogen (secondary N) is 1. The average Bonchev–Trinajstić information content (AvgIpc) is 3.31. The lowest BCUT2D eigenvalue weighted by Gasteiger charge is -2.11. The molecule has 5 rings (SSSR count). The third kappa shape index (κ3) is 2.57. The molecule has 0 spiro atoms. The van der Waals surface area contributed by atoms with Crippen LogP contribution in [0.15, 0.2) is 54.7 Å². The lowest BCUT2D eigenvalue weighted by atomic mass is 9.96. The SMILES string of the molecule is c1cc(C[C@H]2CCNC2)c2nc(-c3nnc4ccccn34)ccc2c1. The first kappa shape index (κ1) is 14.5. The van der Waals surface area contributed by atoms with Gasteiger partial charge in [0.2, 0.25) is 0 Å². The minimum atomic E-state index is 0.699. The number of fused-ring (bicyclic) bond motifs is 2. The topological polar surface area (TPSA) is 55.1 Å². The standard InChI is InChI=1S/C20H19N5/c1-2-11-25-18(6-1)23-24-20(25)17-8-7-15-4-3-5-16(19(15)22-17)12-14-9-10-21-13-14/h1-8,11,14,21H,9-10,12-13H2/t14-/m1/s1. The monoisotopic (exact) mass is 329 g/mol. The van der Waals surface area contributed by atoms with Gasteiger partial charge in [-0.15, -0.1) is 10.2 Å². The second-order valence-corrected chi connectivity index (χ2v) is 6.70. The quantitative estimate of drug-likeness (QED) is 0.627. The van der Waals surface area contributed by atoms with E-state index in [1.165, 1.54) is 17.4 Å². The minimum absolute atomic E-state index is 0.699. The summed E-state index contributed by atoms with van der Waals surface area (Å²) in [7, 11) is 0. The summed E-state index contributed by atoms with van der Waals surface area (Å²) in [6, 6.07) is 16.5. The fraction of sp³-hybridized carbons (Fsp3) is 0.250. The molecule has 5 heteroatoms. The van der Waals surface area contributed by atoms with Crippen LogP contribution in [0, 0.1) is 5.92 Å². The molecule has 1 saturated heterocycles. The van der Waals surface area contributed by atoms with E-state index in [9.17, 15) is 0 Å². The molecule has 1 aliphatic heterocycles. The zero-order valence-electron chi connectivity index (χ0n) is 13.9. The summed E-state index contributed by atoms with van der Waals surface area (Å²) >= 11 is 0. The Balaban J connectivity index is 1.62. The van der Waals surface area contributed by atoms with E-state index in [4.69, 9.17) is 4.98 Å². The third-order valence-corrected chi connectivity index (χ3v) is 5.02. The van der Waals surface area contributed by atoms with Crippen LogP contribution in [0.5, 0.6) is 0 Å². The number of benzene rings is 1. The molecule has 1 fully saturated rings. The summed E-state index contributed by atoms with van der Waals surface area (Å²) in [5, 5.41) is 13.2. The van der Waals surface area contributed by atoms with Crippen LogP contribution in [0.25, 0.3) is 28.1 Å². The summed E-state index contributed by atoms with van der Waals surface area (Å²) < 4.78 is 1.98. The van der Waals surface area contributed by atoms with Crippen LogP contribution in [-0.4, -0.2) is 32.7 Å². The molecule has 0 unspecified atom stereocenters. The van der Waals surface area contributed by atoms with Gasteiger partial charge in [-0.3, -0.25) is 4.40 Å².